The molecule has 0 saturated carbocycles. The van der Waals surface area contributed by atoms with E-state index in [2.05, 4.69) is 0 Å². The Bertz CT molecular complexity index is 560. The van der Waals surface area contributed by atoms with Gasteiger partial charge in [-0.2, -0.15) is 0 Å². The molecule has 1 amide bonds. The number of amides is 1. The van der Waals surface area contributed by atoms with Crippen LogP contribution in [0.15, 0.2) is 24.3 Å². The summed E-state index contributed by atoms with van der Waals surface area (Å²) in [5.41, 5.74) is 7.85. The van der Waals surface area contributed by atoms with Gasteiger partial charge in [0.1, 0.15) is 0 Å². The first kappa shape index (κ1) is 13.1. The molecule has 0 aromatic heterocycles. The lowest BCUT2D eigenvalue weighted by molar-refractivity contribution is -0.164. The van der Waals surface area contributed by atoms with Gasteiger partial charge < -0.3 is 20.5 Å². The molecule has 0 bridgehead atoms. The molecule has 6 heteroatoms. The summed E-state index contributed by atoms with van der Waals surface area (Å²) < 4.78 is 5.39. The van der Waals surface area contributed by atoms with Crippen molar-refractivity contribution in [2.24, 2.45) is 5.73 Å². The summed E-state index contributed by atoms with van der Waals surface area (Å²) in [6, 6.07) is 5.55. The highest BCUT2D eigenvalue weighted by Gasteiger charge is 2.43. The summed E-state index contributed by atoms with van der Waals surface area (Å²) in [5, 5.41) is 9.31. The highest BCUT2D eigenvalue weighted by atomic mass is 16.5. The van der Waals surface area contributed by atoms with Gasteiger partial charge in [-0.1, -0.05) is 24.3 Å². The maximum Gasteiger partial charge on any atom is 0.328 e. The monoisotopic (exact) mass is 276 g/mol. The first-order valence-corrected chi connectivity index (χ1v) is 6.55. The van der Waals surface area contributed by atoms with Crippen LogP contribution in [-0.4, -0.2) is 47.2 Å². The standard InChI is InChI=1S/C14H16N2O4/c15-10-5-8-3-1-2-4-9(8)11-6-20-7-12(14(18)19)16(11)13(10)17/h1-4,10-12H,5-7,15H2,(H,18,19)/t10-,11+,12-/m0/s1. The van der Waals surface area contributed by atoms with E-state index in [4.69, 9.17) is 10.5 Å². The van der Waals surface area contributed by atoms with Crippen molar-refractivity contribution in [3.63, 3.8) is 0 Å². The van der Waals surface area contributed by atoms with Gasteiger partial charge in [-0.05, 0) is 17.5 Å². The molecule has 1 aromatic rings. The lowest BCUT2D eigenvalue weighted by Gasteiger charge is -2.40. The van der Waals surface area contributed by atoms with Crippen LogP contribution in [0.3, 0.4) is 0 Å². The first-order valence-electron chi connectivity index (χ1n) is 6.55. The van der Waals surface area contributed by atoms with Crippen LogP contribution in [0.4, 0.5) is 0 Å². The molecule has 2 heterocycles. The number of nitrogens with zero attached hydrogens (tertiary/aromatic N) is 1. The molecule has 0 radical (unpaired) electrons. The number of fused-ring (bicyclic) bond motifs is 3. The minimum Gasteiger partial charge on any atom is -0.480 e. The number of rotatable bonds is 1. The Kier molecular flexibility index (Phi) is 3.19. The molecule has 1 fully saturated rings. The van der Waals surface area contributed by atoms with Crippen LogP contribution in [0, 0.1) is 0 Å². The molecule has 2 aliphatic rings. The van der Waals surface area contributed by atoms with Crippen LogP contribution in [0.5, 0.6) is 0 Å². The summed E-state index contributed by atoms with van der Waals surface area (Å²) in [7, 11) is 0. The van der Waals surface area contributed by atoms with Gasteiger partial charge in [0.15, 0.2) is 6.04 Å². The summed E-state index contributed by atoms with van der Waals surface area (Å²) in [6.07, 6.45) is 0.425. The maximum atomic E-state index is 12.4. The molecular weight excluding hydrogens is 260 g/mol. The number of carboxylic acids is 1. The van der Waals surface area contributed by atoms with Crippen molar-refractivity contribution in [2.75, 3.05) is 13.2 Å². The summed E-state index contributed by atoms with van der Waals surface area (Å²) in [5.74, 6) is -1.38. The predicted molar refractivity (Wildman–Crippen MR) is 70.0 cm³/mol. The van der Waals surface area contributed by atoms with Crippen molar-refractivity contribution in [3.8, 4) is 0 Å². The fourth-order valence-electron chi connectivity index (χ4n) is 2.97. The molecule has 3 atom stereocenters. The lowest BCUT2D eigenvalue weighted by atomic mass is 9.97. The van der Waals surface area contributed by atoms with Crippen molar-refractivity contribution in [1.29, 1.82) is 0 Å². The molecule has 6 nitrogen and oxygen atoms in total. The van der Waals surface area contributed by atoms with Gasteiger partial charge in [0.2, 0.25) is 5.91 Å². The van der Waals surface area contributed by atoms with Gasteiger partial charge in [-0.15, -0.1) is 0 Å². The van der Waals surface area contributed by atoms with Gasteiger partial charge in [-0.3, -0.25) is 4.79 Å². The quantitative estimate of drug-likeness (QED) is 0.748. The molecule has 0 aliphatic carbocycles. The number of ether oxygens (including phenoxy) is 1. The number of nitrogens with two attached hydrogens (primary N) is 1. The molecule has 3 rings (SSSR count). The summed E-state index contributed by atoms with van der Waals surface area (Å²) >= 11 is 0. The molecule has 0 spiro atoms. The normalized spacial score (nSPS) is 29.4. The van der Waals surface area contributed by atoms with Crippen LogP contribution in [0.2, 0.25) is 0 Å². The fourth-order valence-corrected chi connectivity index (χ4v) is 2.97. The van der Waals surface area contributed by atoms with E-state index in [1.165, 1.54) is 4.90 Å². The van der Waals surface area contributed by atoms with E-state index in [0.29, 0.717) is 13.0 Å². The zero-order chi connectivity index (χ0) is 14.3. The van der Waals surface area contributed by atoms with E-state index < -0.39 is 18.1 Å². The number of carbonyl (C=O) groups excluding carboxylic acids is 1. The van der Waals surface area contributed by atoms with Crippen LogP contribution in [0.25, 0.3) is 0 Å². The summed E-state index contributed by atoms with van der Waals surface area (Å²) in [6.45, 7) is 0.311. The third-order valence-electron chi connectivity index (χ3n) is 3.93. The Balaban J connectivity index is 2.10. The Morgan fingerprint density at radius 3 is 2.85 bits per heavy atom. The Morgan fingerprint density at radius 2 is 2.10 bits per heavy atom. The van der Waals surface area contributed by atoms with E-state index in [1.54, 1.807) is 0 Å². The molecule has 1 saturated heterocycles. The van der Waals surface area contributed by atoms with E-state index in [0.717, 1.165) is 11.1 Å². The Hall–Kier alpha value is -1.92. The zero-order valence-corrected chi connectivity index (χ0v) is 10.9. The maximum absolute atomic E-state index is 12.4. The Morgan fingerprint density at radius 1 is 1.35 bits per heavy atom. The largest absolute Gasteiger partial charge is 0.480 e. The minimum atomic E-state index is -1.06. The first-order chi connectivity index (χ1) is 9.59. The number of hydrogen-bond acceptors (Lipinski definition) is 4. The van der Waals surface area contributed by atoms with Crippen LogP contribution in [-0.2, 0) is 20.7 Å². The number of aliphatic carboxylic acids is 1. The van der Waals surface area contributed by atoms with E-state index in [9.17, 15) is 14.7 Å². The highest BCUT2D eigenvalue weighted by molar-refractivity contribution is 5.88. The van der Waals surface area contributed by atoms with Gasteiger partial charge in [0.05, 0.1) is 25.3 Å². The average molecular weight is 276 g/mol. The van der Waals surface area contributed by atoms with Crippen molar-refractivity contribution >= 4 is 11.9 Å². The van der Waals surface area contributed by atoms with Gasteiger partial charge in [0, 0.05) is 0 Å². The number of benzene rings is 1. The van der Waals surface area contributed by atoms with Crippen LogP contribution in [0.1, 0.15) is 17.2 Å². The zero-order valence-electron chi connectivity index (χ0n) is 10.9. The second kappa shape index (κ2) is 4.88. The topological polar surface area (TPSA) is 92.9 Å². The van der Waals surface area contributed by atoms with Crippen molar-refractivity contribution in [2.45, 2.75) is 24.5 Å². The molecular formula is C14H16N2O4. The SMILES string of the molecule is N[C@H]1Cc2ccccc2[C@H]2COC[C@@H](C(=O)O)N2C1=O. The summed E-state index contributed by atoms with van der Waals surface area (Å²) in [4.78, 5) is 25.2. The second-order valence-corrected chi connectivity index (χ2v) is 5.16. The Labute approximate surface area is 116 Å². The number of hydrogen-bond donors (Lipinski definition) is 2. The predicted octanol–water partition coefficient (Wildman–Crippen LogP) is -0.0769. The smallest absolute Gasteiger partial charge is 0.328 e. The number of carbonyl (C=O) groups is 2. The fraction of sp³-hybridized carbons (Fsp3) is 0.429. The minimum absolute atomic E-state index is 0.00641. The third-order valence-corrected chi connectivity index (χ3v) is 3.93. The van der Waals surface area contributed by atoms with E-state index >= 15 is 0 Å². The van der Waals surface area contributed by atoms with E-state index in [1.807, 2.05) is 24.3 Å². The van der Waals surface area contributed by atoms with Crippen molar-refractivity contribution in [1.82, 2.24) is 4.90 Å². The average Bonchev–Trinajstić information content (AvgIpc) is 2.55. The van der Waals surface area contributed by atoms with Crippen molar-refractivity contribution < 1.29 is 19.4 Å². The third kappa shape index (κ3) is 1.97. The van der Waals surface area contributed by atoms with Crippen molar-refractivity contribution in [3.05, 3.63) is 35.4 Å². The molecule has 1 aromatic carbocycles. The molecule has 106 valence electrons. The molecule has 3 N–H and O–H groups in total. The highest BCUT2D eigenvalue weighted by Crippen LogP contribution is 2.33. The second-order valence-electron chi connectivity index (χ2n) is 5.16. The number of morpholine rings is 1. The molecule has 2 aliphatic heterocycles. The van der Waals surface area contributed by atoms with Gasteiger partial charge in [0.25, 0.3) is 0 Å². The van der Waals surface area contributed by atoms with Crippen LogP contribution < -0.4 is 5.73 Å². The van der Waals surface area contributed by atoms with Crippen LogP contribution >= 0.6 is 0 Å². The molecule has 0 unspecified atom stereocenters. The molecule has 20 heavy (non-hydrogen) atoms. The van der Waals surface area contributed by atoms with E-state index in [-0.39, 0.29) is 18.6 Å². The number of carboxylic acid groups (broad SMARTS) is 1. The lowest BCUT2D eigenvalue weighted by Crippen LogP contribution is -2.57. The van der Waals surface area contributed by atoms with Gasteiger partial charge in [-0.25, -0.2) is 4.79 Å². The van der Waals surface area contributed by atoms with Gasteiger partial charge >= 0.3 is 5.97 Å².